The van der Waals surface area contributed by atoms with Gasteiger partial charge < -0.3 is 10.2 Å². The number of fused-ring (bicyclic) bond motifs is 2. The Hall–Kier alpha value is -4.21. The molecule has 3 heterocycles. The molecule has 0 saturated carbocycles. The standard InChI is InChI=1S/C24H18F3N5O2/c1-31-11-9-14-7-8-15(12-17(14)23(31)34)30-22(33)18-13-29-32(21(18)24(25,26)27)20-6-2-5-19-16(20)4-3-10-28-19/h2-8,10,12-13H,9,11H2,1H3,(H,30,33). The summed E-state index contributed by atoms with van der Waals surface area (Å²) in [5.41, 5.74) is 0.293. The number of likely N-dealkylation sites (N-methyl/N-ethyl adjacent to an activating group) is 1. The van der Waals surface area contributed by atoms with Crippen molar-refractivity contribution in [2.24, 2.45) is 0 Å². The van der Waals surface area contributed by atoms with E-state index in [4.69, 9.17) is 0 Å². The van der Waals surface area contributed by atoms with Crippen LogP contribution in [0, 0.1) is 0 Å². The van der Waals surface area contributed by atoms with Gasteiger partial charge in [-0.1, -0.05) is 12.1 Å². The number of rotatable bonds is 3. The van der Waals surface area contributed by atoms with Gasteiger partial charge in [0.15, 0.2) is 5.69 Å². The number of carbonyl (C=O) groups is 2. The molecular formula is C24H18F3N5O2. The van der Waals surface area contributed by atoms with Crippen LogP contribution in [0.15, 0.2) is 60.9 Å². The van der Waals surface area contributed by atoms with Gasteiger partial charge in [0.05, 0.1) is 23.0 Å². The lowest BCUT2D eigenvalue weighted by molar-refractivity contribution is -0.143. The number of nitrogens with one attached hydrogen (secondary N) is 1. The van der Waals surface area contributed by atoms with Crippen LogP contribution in [0.1, 0.15) is 32.0 Å². The van der Waals surface area contributed by atoms with Crippen LogP contribution in [0.2, 0.25) is 0 Å². The fraction of sp³-hybridized carbons (Fsp3) is 0.167. The fourth-order valence-electron chi connectivity index (χ4n) is 4.11. The highest BCUT2D eigenvalue weighted by Crippen LogP contribution is 2.35. The van der Waals surface area contributed by atoms with E-state index in [0.717, 1.165) is 11.8 Å². The van der Waals surface area contributed by atoms with Gasteiger partial charge in [-0.3, -0.25) is 14.6 Å². The molecule has 2 aromatic heterocycles. The number of carbonyl (C=O) groups excluding carboxylic acids is 2. The van der Waals surface area contributed by atoms with E-state index >= 15 is 0 Å². The molecule has 172 valence electrons. The summed E-state index contributed by atoms with van der Waals surface area (Å²) in [6, 6.07) is 12.8. The van der Waals surface area contributed by atoms with E-state index in [1.807, 2.05) is 0 Å². The van der Waals surface area contributed by atoms with Crippen molar-refractivity contribution in [1.29, 1.82) is 0 Å². The maximum absolute atomic E-state index is 14.1. The lowest BCUT2D eigenvalue weighted by Crippen LogP contribution is -2.34. The molecule has 0 aliphatic carbocycles. The number of hydrogen-bond donors (Lipinski definition) is 1. The Morgan fingerprint density at radius 3 is 2.74 bits per heavy atom. The third-order valence-corrected chi connectivity index (χ3v) is 5.79. The van der Waals surface area contributed by atoms with Crippen LogP contribution in [0.4, 0.5) is 18.9 Å². The van der Waals surface area contributed by atoms with Crippen molar-refractivity contribution in [3.05, 3.63) is 83.3 Å². The van der Waals surface area contributed by atoms with Crippen LogP contribution < -0.4 is 5.32 Å². The minimum absolute atomic E-state index is 0.152. The van der Waals surface area contributed by atoms with Crippen molar-refractivity contribution < 1.29 is 22.8 Å². The van der Waals surface area contributed by atoms with Gasteiger partial charge in [0.25, 0.3) is 11.8 Å². The summed E-state index contributed by atoms with van der Waals surface area (Å²) in [6.07, 6.45) is -1.76. The summed E-state index contributed by atoms with van der Waals surface area (Å²) in [5.74, 6) is -1.18. The lowest BCUT2D eigenvalue weighted by atomic mass is 9.98. The molecule has 0 radical (unpaired) electrons. The SMILES string of the molecule is CN1CCc2ccc(NC(=O)c3cnn(-c4cccc5ncccc45)c3C(F)(F)F)cc2C1=O. The highest BCUT2D eigenvalue weighted by atomic mass is 19.4. The van der Waals surface area contributed by atoms with Gasteiger partial charge in [0.2, 0.25) is 0 Å². The van der Waals surface area contributed by atoms with Gasteiger partial charge in [-0.05, 0) is 48.4 Å². The van der Waals surface area contributed by atoms with Gasteiger partial charge in [-0.15, -0.1) is 0 Å². The second-order valence-electron chi connectivity index (χ2n) is 7.97. The van der Waals surface area contributed by atoms with E-state index in [9.17, 15) is 22.8 Å². The molecule has 0 unspecified atom stereocenters. The maximum Gasteiger partial charge on any atom is 0.434 e. The third kappa shape index (κ3) is 3.66. The summed E-state index contributed by atoms with van der Waals surface area (Å²) in [5, 5.41) is 6.85. The molecule has 0 atom stereocenters. The van der Waals surface area contributed by atoms with Crippen LogP contribution in [0.3, 0.4) is 0 Å². The van der Waals surface area contributed by atoms with Gasteiger partial charge >= 0.3 is 6.18 Å². The van der Waals surface area contributed by atoms with Crippen LogP contribution in [-0.4, -0.2) is 45.1 Å². The zero-order valence-corrected chi connectivity index (χ0v) is 17.9. The normalized spacial score (nSPS) is 13.8. The van der Waals surface area contributed by atoms with E-state index in [0.29, 0.717) is 34.1 Å². The third-order valence-electron chi connectivity index (χ3n) is 5.79. The molecule has 0 spiro atoms. The molecule has 2 aromatic carbocycles. The number of nitrogens with zero attached hydrogens (tertiary/aromatic N) is 4. The minimum Gasteiger partial charge on any atom is -0.341 e. The van der Waals surface area contributed by atoms with Gasteiger partial charge in [-0.2, -0.15) is 18.3 Å². The molecule has 0 bridgehead atoms. The first-order chi connectivity index (χ1) is 16.2. The summed E-state index contributed by atoms with van der Waals surface area (Å²) in [6.45, 7) is 0.579. The quantitative estimate of drug-likeness (QED) is 0.489. The maximum atomic E-state index is 14.1. The number of benzene rings is 2. The van der Waals surface area contributed by atoms with E-state index in [1.165, 1.54) is 12.1 Å². The summed E-state index contributed by atoms with van der Waals surface area (Å²) in [7, 11) is 1.67. The zero-order valence-electron chi connectivity index (χ0n) is 17.9. The molecule has 0 saturated heterocycles. The number of pyridine rings is 1. The molecule has 1 aliphatic rings. The monoisotopic (exact) mass is 465 g/mol. The van der Waals surface area contributed by atoms with E-state index in [2.05, 4.69) is 15.4 Å². The molecule has 5 rings (SSSR count). The van der Waals surface area contributed by atoms with Gasteiger partial charge in [0, 0.05) is 36.4 Å². The highest BCUT2D eigenvalue weighted by molar-refractivity contribution is 6.06. The number of halogens is 3. The van der Waals surface area contributed by atoms with Crippen molar-refractivity contribution in [3.63, 3.8) is 0 Å². The van der Waals surface area contributed by atoms with Crippen molar-refractivity contribution in [2.45, 2.75) is 12.6 Å². The molecule has 1 N–H and O–H groups in total. The second kappa shape index (κ2) is 7.98. The number of alkyl halides is 3. The van der Waals surface area contributed by atoms with E-state index in [1.54, 1.807) is 54.5 Å². The van der Waals surface area contributed by atoms with Crippen LogP contribution in [0.25, 0.3) is 16.6 Å². The Bertz CT molecular complexity index is 1440. The first kappa shape index (κ1) is 21.6. The summed E-state index contributed by atoms with van der Waals surface area (Å²) >= 11 is 0. The summed E-state index contributed by atoms with van der Waals surface area (Å²) < 4.78 is 43.1. The second-order valence-corrected chi connectivity index (χ2v) is 7.97. The molecule has 2 amide bonds. The Balaban J connectivity index is 1.55. The predicted octanol–water partition coefficient (Wildman–Crippen LogP) is 4.32. The predicted molar refractivity (Wildman–Crippen MR) is 119 cm³/mol. The van der Waals surface area contributed by atoms with Crippen molar-refractivity contribution in [3.8, 4) is 5.69 Å². The zero-order chi connectivity index (χ0) is 24.0. The van der Waals surface area contributed by atoms with Crippen LogP contribution in [-0.2, 0) is 12.6 Å². The number of hydrogen-bond acceptors (Lipinski definition) is 4. The van der Waals surface area contributed by atoms with Crippen molar-refractivity contribution >= 4 is 28.4 Å². The Morgan fingerprint density at radius 1 is 1.12 bits per heavy atom. The molecule has 4 aromatic rings. The molecule has 34 heavy (non-hydrogen) atoms. The highest BCUT2D eigenvalue weighted by Gasteiger charge is 2.41. The average molecular weight is 465 g/mol. The number of amides is 2. The number of aromatic nitrogens is 3. The molecular weight excluding hydrogens is 447 g/mol. The lowest BCUT2D eigenvalue weighted by Gasteiger charge is -2.25. The average Bonchev–Trinajstić information content (AvgIpc) is 3.27. The topological polar surface area (TPSA) is 80.1 Å². The summed E-state index contributed by atoms with van der Waals surface area (Å²) in [4.78, 5) is 31.1. The van der Waals surface area contributed by atoms with Crippen molar-refractivity contribution in [1.82, 2.24) is 19.7 Å². The van der Waals surface area contributed by atoms with Crippen molar-refractivity contribution in [2.75, 3.05) is 18.9 Å². The smallest absolute Gasteiger partial charge is 0.341 e. The minimum atomic E-state index is -4.86. The largest absolute Gasteiger partial charge is 0.434 e. The van der Waals surface area contributed by atoms with Gasteiger partial charge in [-0.25, -0.2) is 4.68 Å². The number of anilines is 1. The Morgan fingerprint density at radius 2 is 1.94 bits per heavy atom. The first-order valence-electron chi connectivity index (χ1n) is 10.4. The fourth-order valence-corrected chi connectivity index (χ4v) is 4.11. The van der Waals surface area contributed by atoms with Crippen LogP contribution >= 0.6 is 0 Å². The van der Waals surface area contributed by atoms with E-state index in [-0.39, 0.29) is 17.3 Å². The molecule has 0 fully saturated rings. The molecule has 10 heteroatoms. The Kier molecular flexibility index (Phi) is 5.07. The first-order valence-corrected chi connectivity index (χ1v) is 10.4. The van der Waals surface area contributed by atoms with Crippen LogP contribution in [0.5, 0.6) is 0 Å². The molecule has 7 nitrogen and oxygen atoms in total. The van der Waals surface area contributed by atoms with Gasteiger partial charge in [0.1, 0.15) is 0 Å². The Labute approximate surface area is 191 Å². The molecule has 1 aliphatic heterocycles. The van der Waals surface area contributed by atoms with E-state index < -0.39 is 23.3 Å².